The highest BCUT2D eigenvalue weighted by atomic mass is 16.5. The molecule has 0 aliphatic heterocycles. The molecule has 1 heterocycles. The van der Waals surface area contributed by atoms with Gasteiger partial charge in [0.1, 0.15) is 70.5 Å². The van der Waals surface area contributed by atoms with Crippen molar-refractivity contribution in [3.63, 3.8) is 0 Å². The Morgan fingerprint density at radius 1 is 0.583 bits per heavy atom. The predicted molar refractivity (Wildman–Crippen MR) is 180 cm³/mol. The zero-order valence-electron chi connectivity index (χ0n) is 26.6. The molecule has 1 aromatic heterocycles. The first kappa shape index (κ1) is 32.0. The molecule has 1 N–H and O–H groups in total. The molecular weight excluding hydrogens is 608 g/mol. The number of para-hydroxylation sites is 2. The molecule has 0 spiro atoms. The molecule has 1 aliphatic rings. The highest BCUT2D eigenvalue weighted by Crippen LogP contribution is 2.27. The molecule has 242 valence electrons. The van der Waals surface area contributed by atoms with Crippen LogP contribution in [-0.2, 0) is 13.2 Å². The van der Waals surface area contributed by atoms with E-state index < -0.39 is 11.6 Å². The van der Waals surface area contributed by atoms with E-state index in [0.29, 0.717) is 47.5 Å². The number of nitrogens with zero attached hydrogens (tertiary/aromatic N) is 3. The molecule has 5 aromatic rings. The normalized spacial score (nSPS) is 12.3. The molecule has 0 bridgehead atoms. The molecular formula is C38H34N4O6. The number of carbonyl (C=O) groups is 2. The maximum atomic E-state index is 13.4. The van der Waals surface area contributed by atoms with E-state index in [1.807, 2.05) is 79.7 Å². The number of rotatable bonds is 14. The number of likely N-dealkylation sites (N-methyl/N-ethyl adjacent to an activating group) is 1. The van der Waals surface area contributed by atoms with Gasteiger partial charge in [0, 0.05) is 19.2 Å². The topological polar surface area (TPSA) is 112 Å². The van der Waals surface area contributed by atoms with Crippen LogP contribution in [0.25, 0.3) is 0 Å². The number of aromatic nitrogens is 2. The number of ether oxygens (including phenoxy) is 4. The summed E-state index contributed by atoms with van der Waals surface area (Å²) in [6.07, 6.45) is 1.28. The summed E-state index contributed by atoms with van der Waals surface area (Å²) < 4.78 is 23.9. The molecule has 0 saturated carbocycles. The summed E-state index contributed by atoms with van der Waals surface area (Å²) in [5.74, 6) is 3.07. The lowest BCUT2D eigenvalue weighted by Crippen LogP contribution is -2.33. The van der Waals surface area contributed by atoms with Gasteiger partial charge in [-0.3, -0.25) is 9.59 Å². The first-order valence-corrected chi connectivity index (χ1v) is 15.4. The molecule has 10 heteroatoms. The number of benzene rings is 4. The predicted octanol–water partition coefficient (Wildman–Crippen LogP) is 6.63. The summed E-state index contributed by atoms with van der Waals surface area (Å²) in [4.78, 5) is 37.7. The number of carbonyl (C=O) groups excluding carboxylic acids is 2. The smallest absolute Gasteiger partial charge is 0.229 e. The van der Waals surface area contributed by atoms with Crippen molar-refractivity contribution in [1.82, 2.24) is 20.2 Å². The Labute approximate surface area is 278 Å². The standard InChI is InChI=1S/C38H34N4O6/c1-42(2)22-21-39-32-23-35(43)36-37(38(32)44)41-34(25-46-27-15-19-31(20-16-27)48-29-11-7-4-8-12-29)33(40-36)24-45-26-13-17-30(18-14-26)47-28-9-5-3-6-10-28/h3-20,23,39H,21-22,24-25H2,1-2H3. The van der Waals surface area contributed by atoms with Gasteiger partial charge in [0.15, 0.2) is 0 Å². The van der Waals surface area contributed by atoms with Gasteiger partial charge < -0.3 is 29.2 Å². The van der Waals surface area contributed by atoms with E-state index in [1.165, 1.54) is 6.08 Å². The molecule has 0 saturated heterocycles. The summed E-state index contributed by atoms with van der Waals surface area (Å²) in [5, 5.41) is 3.06. The number of hydrogen-bond acceptors (Lipinski definition) is 10. The van der Waals surface area contributed by atoms with Gasteiger partial charge in [-0.05, 0) is 86.9 Å². The third-order valence-electron chi connectivity index (χ3n) is 7.25. The van der Waals surface area contributed by atoms with E-state index in [0.717, 1.165) is 11.5 Å². The van der Waals surface area contributed by atoms with Gasteiger partial charge in [-0.1, -0.05) is 36.4 Å². The zero-order valence-corrected chi connectivity index (χ0v) is 26.6. The number of nitrogens with one attached hydrogen (secondary N) is 1. The van der Waals surface area contributed by atoms with Crippen molar-refractivity contribution < 1.29 is 28.5 Å². The third kappa shape index (κ3) is 8.23. The lowest BCUT2D eigenvalue weighted by atomic mass is 10.0. The minimum atomic E-state index is -0.408. The molecule has 10 nitrogen and oxygen atoms in total. The van der Waals surface area contributed by atoms with Crippen molar-refractivity contribution in [3.8, 4) is 34.5 Å². The minimum absolute atomic E-state index is 0.0131. The van der Waals surface area contributed by atoms with Crippen molar-refractivity contribution in [3.05, 3.63) is 144 Å². The van der Waals surface area contributed by atoms with Crippen LogP contribution in [-0.4, -0.2) is 53.6 Å². The second-order valence-corrected chi connectivity index (χ2v) is 11.1. The van der Waals surface area contributed by atoms with Gasteiger partial charge in [-0.2, -0.15) is 0 Å². The lowest BCUT2D eigenvalue weighted by molar-refractivity contribution is 0.0969. The van der Waals surface area contributed by atoms with Gasteiger partial charge in [0.25, 0.3) is 0 Å². The van der Waals surface area contributed by atoms with Crippen molar-refractivity contribution in [2.45, 2.75) is 13.2 Å². The fourth-order valence-corrected chi connectivity index (χ4v) is 4.76. The average molecular weight is 643 g/mol. The summed E-state index contributed by atoms with van der Waals surface area (Å²) in [6, 6.07) is 33.3. The van der Waals surface area contributed by atoms with Gasteiger partial charge in [-0.15, -0.1) is 0 Å². The SMILES string of the molecule is CN(C)CCNC1=CC(=O)c2nc(COc3ccc(Oc4ccccc4)cc3)c(COc3ccc(Oc4ccccc4)cc3)nc2C1=O. The number of fused-ring (bicyclic) bond motifs is 1. The Bertz CT molecular complexity index is 1890. The average Bonchev–Trinajstić information content (AvgIpc) is 3.10. The molecule has 6 rings (SSSR count). The quantitative estimate of drug-likeness (QED) is 0.142. The van der Waals surface area contributed by atoms with Gasteiger partial charge >= 0.3 is 0 Å². The summed E-state index contributed by atoms with van der Waals surface area (Å²) in [6.45, 7) is 1.14. The van der Waals surface area contributed by atoms with E-state index in [-0.39, 0.29) is 30.3 Å². The van der Waals surface area contributed by atoms with Crippen LogP contribution in [0.2, 0.25) is 0 Å². The number of ketones is 2. The van der Waals surface area contributed by atoms with E-state index >= 15 is 0 Å². The molecule has 0 atom stereocenters. The summed E-state index contributed by atoms with van der Waals surface area (Å²) in [5.41, 5.74) is 0.895. The van der Waals surface area contributed by atoms with Crippen molar-refractivity contribution in [1.29, 1.82) is 0 Å². The Morgan fingerprint density at radius 3 is 1.50 bits per heavy atom. The summed E-state index contributed by atoms with van der Waals surface area (Å²) in [7, 11) is 3.86. The molecule has 0 unspecified atom stereocenters. The van der Waals surface area contributed by atoms with E-state index in [2.05, 4.69) is 15.3 Å². The number of allylic oxidation sites excluding steroid dienone is 2. The van der Waals surface area contributed by atoms with Crippen LogP contribution in [0.4, 0.5) is 0 Å². The number of hydrogen-bond donors (Lipinski definition) is 1. The molecule has 48 heavy (non-hydrogen) atoms. The first-order valence-electron chi connectivity index (χ1n) is 15.4. The van der Waals surface area contributed by atoms with Crippen LogP contribution in [0, 0.1) is 0 Å². The maximum Gasteiger partial charge on any atom is 0.229 e. The Kier molecular flexibility index (Phi) is 10.0. The van der Waals surface area contributed by atoms with Crippen LogP contribution >= 0.6 is 0 Å². The van der Waals surface area contributed by atoms with Crippen LogP contribution in [0.5, 0.6) is 34.5 Å². The van der Waals surface area contributed by atoms with Crippen LogP contribution in [0.1, 0.15) is 32.4 Å². The second kappa shape index (κ2) is 15.1. The van der Waals surface area contributed by atoms with Crippen LogP contribution in [0.3, 0.4) is 0 Å². The van der Waals surface area contributed by atoms with Gasteiger partial charge in [0.2, 0.25) is 11.6 Å². The fourth-order valence-electron chi connectivity index (χ4n) is 4.76. The molecule has 0 radical (unpaired) electrons. The van der Waals surface area contributed by atoms with Crippen molar-refractivity contribution in [2.24, 2.45) is 0 Å². The van der Waals surface area contributed by atoms with Crippen molar-refractivity contribution in [2.75, 3.05) is 27.2 Å². The summed E-state index contributed by atoms with van der Waals surface area (Å²) >= 11 is 0. The number of Topliss-reactive ketones (excluding diaryl/α,β-unsaturated/α-hetero) is 1. The van der Waals surface area contributed by atoms with Crippen LogP contribution in [0.15, 0.2) is 121 Å². The highest BCUT2D eigenvalue weighted by molar-refractivity contribution is 6.22. The first-order chi connectivity index (χ1) is 23.4. The molecule has 0 amide bonds. The second-order valence-electron chi connectivity index (χ2n) is 11.1. The van der Waals surface area contributed by atoms with E-state index in [9.17, 15) is 9.59 Å². The van der Waals surface area contributed by atoms with E-state index in [1.54, 1.807) is 48.5 Å². The Morgan fingerprint density at radius 2 is 1.02 bits per heavy atom. The Balaban J connectivity index is 1.19. The zero-order chi connectivity index (χ0) is 33.3. The highest BCUT2D eigenvalue weighted by Gasteiger charge is 2.30. The molecule has 4 aromatic carbocycles. The maximum absolute atomic E-state index is 13.4. The Hall–Kier alpha value is -6.00. The van der Waals surface area contributed by atoms with Gasteiger partial charge in [0.05, 0.1) is 5.70 Å². The van der Waals surface area contributed by atoms with Crippen LogP contribution < -0.4 is 24.3 Å². The van der Waals surface area contributed by atoms with E-state index in [4.69, 9.17) is 18.9 Å². The van der Waals surface area contributed by atoms with Crippen molar-refractivity contribution >= 4 is 11.6 Å². The third-order valence-corrected chi connectivity index (χ3v) is 7.25. The lowest BCUT2D eigenvalue weighted by Gasteiger charge is -2.19. The largest absolute Gasteiger partial charge is 0.487 e. The molecule has 1 aliphatic carbocycles. The molecule has 0 fully saturated rings. The fraction of sp³-hybridized carbons (Fsp3) is 0.158. The minimum Gasteiger partial charge on any atom is -0.487 e. The monoisotopic (exact) mass is 642 g/mol. The van der Waals surface area contributed by atoms with Gasteiger partial charge in [-0.25, -0.2) is 9.97 Å².